The number of benzene rings is 1. The summed E-state index contributed by atoms with van der Waals surface area (Å²) in [5.74, 6) is -0.285. The molecule has 0 amide bonds. The highest BCUT2D eigenvalue weighted by Crippen LogP contribution is 2.26. The average molecular weight is 262 g/mol. The SMILES string of the molecule is COC(=O)c1cccc(N2CCCNCC2(C)C)c1. The van der Waals surface area contributed by atoms with Gasteiger partial charge in [-0.3, -0.25) is 0 Å². The minimum Gasteiger partial charge on any atom is -0.465 e. The number of rotatable bonds is 2. The minimum atomic E-state index is -0.285. The van der Waals surface area contributed by atoms with Crippen LogP contribution in [0.4, 0.5) is 5.69 Å². The van der Waals surface area contributed by atoms with E-state index in [9.17, 15) is 4.79 Å². The van der Waals surface area contributed by atoms with Gasteiger partial charge in [0.2, 0.25) is 0 Å². The Morgan fingerprint density at radius 2 is 2.21 bits per heavy atom. The highest BCUT2D eigenvalue weighted by Gasteiger charge is 2.28. The quantitative estimate of drug-likeness (QED) is 0.828. The summed E-state index contributed by atoms with van der Waals surface area (Å²) in [6.07, 6.45) is 1.10. The summed E-state index contributed by atoms with van der Waals surface area (Å²) < 4.78 is 4.79. The van der Waals surface area contributed by atoms with Crippen molar-refractivity contribution in [1.82, 2.24) is 5.32 Å². The summed E-state index contributed by atoms with van der Waals surface area (Å²) in [4.78, 5) is 14.0. The van der Waals surface area contributed by atoms with E-state index in [1.165, 1.54) is 7.11 Å². The Labute approximate surface area is 114 Å². The molecule has 0 radical (unpaired) electrons. The molecule has 1 saturated heterocycles. The first-order valence-electron chi connectivity index (χ1n) is 6.71. The monoisotopic (exact) mass is 262 g/mol. The Kier molecular flexibility index (Phi) is 4.10. The van der Waals surface area contributed by atoms with Crippen molar-refractivity contribution in [2.24, 2.45) is 0 Å². The lowest BCUT2D eigenvalue weighted by molar-refractivity contribution is 0.0600. The van der Waals surface area contributed by atoms with Gasteiger partial charge in [-0.15, -0.1) is 0 Å². The van der Waals surface area contributed by atoms with Crippen LogP contribution in [0.15, 0.2) is 24.3 Å². The second kappa shape index (κ2) is 5.61. The molecule has 0 aliphatic carbocycles. The molecule has 1 heterocycles. The normalized spacial score (nSPS) is 18.8. The van der Waals surface area contributed by atoms with E-state index in [0.717, 1.165) is 31.7 Å². The predicted molar refractivity (Wildman–Crippen MR) is 76.7 cm³/mol. The second-order valence-corrected chi connectivity index (χ2v) is 5.54. The van der Waals surface area contributed by atoms with Crippen molar-refractivity contribution in [3.8, 4) is 0 Å². The van der Waals surface area contributed by atoms with Gasteiger partial charge >= 0.3 is 5.97 Å². The molecule has 2 rings (SSSR count). The molecule has 1 aliphatic heterocycles. The van der Waals surface area contributed by atoms with Gasteiger partial charge in [0.25, 0.3) is 0 Å². The van der Waals surface area contributed by atoms with Crippen LogP contribution in [-0.4, -0.2) is 38.3 Å². The summed E-state index contributed by atoms with van der Waals surface area (Å²) >= 11 is 0. The molecule has 4 nitrogen and oxygen atoms in total. The van der Waals surface area contributed by atoms with E-state index in [4.69, 9.17) is 4.74 Å². The highest BCUT2D eigenvalue weighted by molar-refractivity contribution is 5.90. The van der Waals surface area contributed by atoms with Gasteiger partial charge in [-0.2, -0.15) is 0 Å². The van der Waals surface area contributed by atoms with Gasteiger partial charge in [0.05, 0.1) is 12.7 Å². The van der Waals surface area contributed by atoms with Gasteiger partial charge in [-0.1, -0.05) is 6.07 Å². The molecule has 1 aromatic rings. The summed E-state index contributed by atoms with van der Waals surface area (Å²) in [5, 5.41) is 3.45. The summed E-state index contributed by atoms with van der Waals surface area (Å²) in [6, 6.07) is 7.67. The van der Waals surface area contributed by atoms with Crippen LogP contribution in [0.1, 0.15) is 30.6 Å². The van der Waals surface area contributed by atoms with Gasteiger partial charge in [0.15, 0.2) is 0 Å². The number of nitrogens with one attached hydrogen (secondary N) is 1. The van der Waals surface area contributed by atoms with Crippen LogP contribution in [0.5, 0.6) is 0 Å². The molecule has 0 atom stereocenters. The number of esters is 1. The average Bonchev–Trinajstić information content (AvgIpc) is 2.58. The standard InChI is InChI=1S/C15H22N2O2/c1-15(2)11-16-8-5-9-17(15)13-7-4-6-12(10-13)14(18)19-3/h4,6-7,10,16H,5,8-9,11H2,1-3H3. The van der Waals surface area contributed by atoms with Crippen LogP contribution >= 0.6 is 0 Å². The number of carbonyl (C=O) groups is 1. The summed E-state index contributed by atoms with van der Waals surface area (Å²) in [6.45, 7) is 7.41. The fourth-order valence-electron chi connectivity index (χ4n) is 2.55. The van der Waals surface area contributed by atoms with Gasteiger partial charge in [-0.25, -0.2) is 4.79 Å². The maximum absolute atomic E-state index is 11.6. The Morgan fingerprint density at radius 1 is 1.42 bits per heavy atom. The lowest BCUT2D eigenvalue weighted by Gasteiger charge is -2.39. The van der Waals surface area contributed by atoms with Crippen molar-refractivity contribution < 1.29 is 9.53 Å². The molecule has 1 aliphatic rings. The molecular weight excluding hydrogens is 240 g/mol. The van der Waals surface area contributed by atoms with E-state index < -0.39 is 0 Å². The fraction of sp³-hybridized carbons (Fsp3) is 0.533. The predicted octanol–water partition coefficient (Wildman–Crippen LogP) is 2.05. The number of nitrogens with zero attached hydrogens (tertiary/aromatic N) is 1. The van der Waals surface area contributed by atoms with Crippen LogP contribution in [-0.2, 0) is 4.74 Å². The summed E-state index contributed by atoms with van der Waals surface area (Å²) in [5.41, 5.74) is 1.72. The third-order valence-electron chi connectivity index (χ3n) is 3.60. The first-order valence-corrected chi connectivity index (χ1v) is 6.71. The van der Waals surface area contributed by atoms with Crippen molar-refractivity contribution in [3.05, 3.63) is 29.8 Å². The number of carbonyl (C=O) groups excluding carboxylic acids is 1. The Bertz CT molecular complexity index is 457. The van der Waals surface area contributed by atoms with E-state index in [1.807, 2.05) is 12.1 Å². The number of anilines is 1. The molecule has 1 fully saturated rings. The van der Waals surface area contributed by atoms with Crippen LogP contribution in [0.25, 0.3) is 0 Å². The maximum atomic E-state index is 11.6. The molecule has 0 bridgehead atoms. The topological polar surface area (TPSA) is 41.6 Å². The zero-order valence-corrected chi connectivity index (χ0v) is 11.9. The van der Waals surface area contributed by atoms with E-state index in [2.05, 4.69) is 30.1 Å². The minimum absolute atomic E-state index is 0.0330. The van der Waals surface area contributed by atoms with Gasteiger partial charge < -0.3 is 15.0 Å². The van der Waals surface area contributed by atoms with Gasteiger partial charge in [0.1, 0.15) is 0 Å². The van der Waals surface area contributed by atoms with E-state index in [-0.39, 0.29) is 11.5 Å². The number of hydrogen-bond acceptors (Lipinski definition) is 4. The first-order chi connectivity index (χ1) is 9.04. The molecule has 4 heteroatoms. The molecule has 104 valence electrons. The molecule has 0 aromatic heterocycles. The van der Waals surface area contributed by atoms with Crippen molar-refractivity contribution >= 4 is 11.7 Å². The summed E-state index contributed by atoms with van der Waals surface area (Å²) in [7, 11) is 1.41. The van der Waals surface area contributed by atoms with E-state index >= 15 is 0 Å². The largest absolute Gasteiger partial charge is 0.465 e. The van der Waals surface area contributed by atoms with Crippen molar-refractivity contribution in [2.75, 3.05) is 31.6 Å². The first kappa shape index (κ1) is 13.9. The molecule has 0 spiro atoms. The van der Waals surface area contributed by atoms with Crippen LogP contribution in [0.2, 0.25) is 0 Å². The highest BCUT2D eigenvalue weighted by atomic mass is 16.5. The van der Waals surface area contributed by atoms with Crippen LogP contribution < -0.4 is 10.2 Å². The fourth-order valence-corrected chi connectivity index (χ4v) is 2.55. The van der Waals surface area contributed by atoms with Crippen molar-refractivity contribution in [1.29, 1.82) is 0 Å². The van der Waals surface area contributed by atoms with Gasteiger partial charge in [-0.05, 0) is 45.0 Å². The van der Waals surface area contributed by atoms with Gasteiger partial charge in [0, 0.05) is 24.3 Å². The molecule has 19 heavy (non-hydrogen) atoms. The number of ether oxygens (including phenoxy) is 1. The molecular formula is C15H22N2O2. The lowest BCUT2D eigenvalue weighted by atomic mass is 10.0. The van der Waals surface area contributed by atoms with Crippen LogP contribution in [0.3, 0.4) is 0 Å². The zero-order valence-electron chi connectivity index (χ0n) is 11.9. The Balaban J connectivity index is 2.31. The smallest absolute Gasteiger partial charge is 0.337 e. The van der Waals surface area contributed by atoms with Crippen molar-refractivity contribution in [3.63, 3.8) is 0 Å². The molecule has 0 saturated carbocycles. The van der Waals surface area contributed by atoms with E-state index in [0.29, 0.717) is 5.56 Å². The lowest BCUT2D eigenvalue weighted by Crippen LogP contribution is -2.48. The third-order valence-corrected chi connectivity index (χ3v) is 3.60. The van der Waals surface area contributed by atoms with Crippen molar-refractivity contribution in [2.45, 2.75) is 25.8 Å². The van der Waals surface area contributed by atoms with E-state index in [1.54, 1.807) is 6.07 Å². The molecule has 0 unspecified atom stereocenters. The maximum Gasteiger partial charge on any atom is 0.337 e. The number of methoxy groups -OCH3 is 1. The molecule has 1 N–H and O–H groups in total. The Morgan fingerprint density at radius 3 is 2.95 bits per heavy atom. The third kappa shape index (κ3) is 3.07. The zero-order chi connectivity index (χ0) is 13.9. The molecule has 1 aromatic carbocycles. The second-order valence-electron chi connectivity index (χ2n) is 5.54. The number of hydrogen-bond donors (Lipinski definition) is 1. The Hall–Kier alpha value is -1.55. The van der Waals surface area contributed by atoms with Crippen LogP contribution in [0, 0.1) is 0 Å².